The molecule has 6 nitrogen and oxygen atoms in total. The molecule has 6 heteroatoms. The Hall–Kier alpha value is -3.02. The SMILES string of the molecule is COc1ccccc1OCC(=O)N1C[C@H](C(=O)O)c2ccccc21. The number of hydrogen-bond donors (Lipinski definition) is 1. The van der Waals surface area contributed by atoms with E-state index in [-0.39, 0.29) is 19.1 Å². The number of carbonyl (C=O) groups excluding carboxylic acids is 1. The van der Waals surface area contributed by atoms with Crippen molar-refractivity contribution in [2.45, 2.75) is 5.92 Å². The molecular weight excluding hydrogens is 310 g/mol. The Morgan fingerprint density at radius 1 is 1.12 bits per heavy atom. The summed E-state index contributed by atoms with van der Waals surface area (Å²) in [6.45, 7) is -0.0795. The fraction of sp³-hybridized carbons (Fsp3) is 0.222. The third-order valence-corrected chi connectivity index (χ3v) is 3.99. The molecule has 2 aromatic rings. The van der Waals surface area contributed by atoms with E-state index in [1.165, 1.54) is 12.0 Å². The zero-order valence-corrected chi connectivity index (χ0v) is 13.1. The minimum absolute atomic E-state index is 0.114. The van der Waals surface area contributed by atoms with Crippen LogP contribution in [0, 0.1) is 0 Å². The third-order valence-electron chi connectivity index (χ3n) is 3.99. The minimum atomic E-state index is -0.941. The number of benzene rings is 2. The number of carbonyl (C=O) groups is 2. The molecule has 1 aliphatic rings. The van der Waals surface area contributed by atoms with Gasteiger partial charge in [-0.3, -0.25) is 9.59 Å². The molecule has 0 aliphatic carbocycles. The molecule has 0 unspecified atom stereocenters. The average molecular weight is 327 g/mol. The van der Waals surface area contributed by atoms with E-state index in [0.717, 1.165) is 0 Å². The number of nitrogens with zero attached hydrogens (tertiary/aromatic N) is 1. The summed E-state index contributed by atoms with van der Waals surface area (Å²) in [5.41, 5.74) is 1.27. The van der Waals surface area contributed by atoms with Crippen molar-refractivity contribution in [2.75, 3.05) is 25.2 Å². The van der Waals surface area contributed by atoms with Gasteiger partial charge in [0.1, 0.15) is 5.92 Å². The number of aliphatic carboxylic acids is 1. The van der Waals surface area contributed by atoms with Gasteiger partial charge in [0.15, 0.2) is 18.1 Å². The second-order valence-electron chi connectivity index (χ2n) is 5.39. The van der Waals surface area contributed by atoms with Crippen LogP contribution < -0.4 is 14.4 Å². The van der Waals surface area contributed by atoms with Gasteiger partial charge in [0, 0.05) is 12.2 Å². The van der Waals surface area contributed by atoms with Crippen LogP contribution in [0.25, 0.3) is 0 Å². The first-order chi connectivity index (χ1) is 11.6. The standard InChI is InChI=1S/C18H17NO5/c1-23-15-8-4-5-9-16(15)24-11-17(20)19-10-13(18(21)22)12-6-2-3-7-14(12)19/h2-9,13H,10-11H2,1H3,(H,21,22)/t13-/m0/s1. The van der Waals surface area contributed by atoms with Gasteiger partial charge in [0.05, 0.1) is 7.11 Å². The molecule has 0 spiro atoms. The highest BCUT2D eigenvalue weighted by Crippen LogP contribution is 2.36. The van der Waals surface area contributed by atoms with Gasteiger partial charge >= 0.3 is 5.97 Å². The number of carboxylic acid groups (broad SMARTS) is 1. The number of carboxylic acids is 1. The molecule has 24 heavy (non-hydrogen) atoms. The van der Waals surface area contributed by atoms with Crippen LogP contribution in [0.1, 0.15) is 11.5 Å². The van der Waals surface area contributed by atoms with Crippen LogP contribution in [-0.4, -0.2) is 37.2 Å². The smallest absolute Gasteiger partial charge is 0.312 e. The lowest BCUT2D eigenvalue weighted by atomic mass is 10.0. The Morgan fingerprint density at radius 2 is 1.79 bits per heavy atom. The Kier molecular flexibility index (Phi) is 4.37. The summed E-state index contributed by atoms with van der Waals surface area (Å²) in [6, 6.07) is 14.1. The molecule has 0 radical (unpaired) electrons. The van der Waals surface area contributed by atoms with E-state index in [0.29, 0.717) is 22.7 Å². The van der Waals surface area contributed by atoms with Gasteiger partial charge < -0.3 is 19.5 Å². The highest BCUT2D eigenvalue weighted by molar-refractivity contribution is 5.99. The highest BCUT2D eigenvalue weighted by Gasteiger charge is 2.36. The number of rotatable bonds is 5. The van der Waals surface area contributed by atoms with Crippen LogP contribution in [0.3, 0.4) is 0 Å². The molecule has 0 saturated heterocycles. The molecule has 3 rings (SSSR count). The Morgan fingerprint density at radius 3 is 2.50 bits per heavy atom. The summed E-state index contributed by atoms with van der Waals surface area (Å²) in [5.74, 6) is -0.942. The number of ether oxygens (including phenoxy) is 2. The van der Waals surface area contributed by atoms with Gasteiger partial charge in [0.25, 0.3) is 5.91 Å². The molecule has 1 amide bonds. The molecule has 1 heterocycles. The number of hydrogen-bond acceptors (Lipinski definition) is 4. The number of para-hydroxylation sites is 3. The first kappa shape index (κ1) is 15.9. The van der Waals surface area contributed by atoms with Gasteiger partial charge in [-0.2, -0.15) is 0 Å². The lowest BCUT2D eigenvalue weighted by molar-refractivity contribution is -0.138. The molecule has 1 N–H and O–H groups in total. The molecule has 2 aromatic carbocycles. The normalized spacial score (nSPS) is 15.7. The van der Waals surface area contributed by atoms with Crippen molar-refractivity contribution in [2.24, 2.45) is 0 Å². The molecule has 0 bridgehead atoms. The van der Waals surface area contributed by atoms with Crippen molar-refractivity contribution in [1.82, 2.24) is 0 Å². The van der Waals surface area contributed by atoms with Crippen LogP contribution in [0.5, 0.6) is 11.5 Å². The monoisotopic (exact) mass is 327 g/mol. The topological polar surface area (TPSA) is 76.1 Å². The Bertz CT molecular complexity index is 774. The van der Waals surface area contributed by atoms with Gasteiger partial charge in [-0.15, -0.1) is 0 Å². The quantitative estimate of drug-likeness (QED) is 0.912. The summed E-state index contributed by atoms with van der Waals surface area (Å²) in [4.78, 5) is 25.4. The van der Waals surface area contributed by atoms with Crippen molar-refractivity contribution < 1.29 is 24.2 Å². The summed E-state index contributed by atoms with van der Waals surface area (Å²) < 4.78 is 10.7. The average Bonchev–Trinajstić information content (AvgIpc) is 3.00. The van der Waals surface area contributed by atoms with Crippen LogP contribution in [-0.2, 0) is 9.59 Å². The van der Waals surface area contributed by atoms with Crippen molar-refractivity contribution in [1.29, 1.82) is 0 Å². The number of amides is 1. The summed E-state index contributed by atoms with van der Waals surface area (Å²) in [6.07, 6.45) is 0. The van der Waals surface area contributed by atoms with Gasteiger partial charge in [-0.1, -0.05) is 30.3 Å². The molecule has 1 aliphatic heterocycles. The summed E-state index contributed by atoms with van der Waals surface area (Å²) >= 11 is 0. The maximum Gasteiger partial charge on any atom is 0.312 e. The van der Waals surface area contributed by atoms with Gasteiger partial charge in [-0.05, 0) is 23.8 Å². The van der Waals surface area contributed by atoms with Crippen LogP contribution in [0.2, 0.25) is 0 Å². The van der Waals surface area contributed by atoms with E-state index < -0.39 is 11.9 Å². The second-order valence-corrected chi connectivity index (χ2v) is 5.39. The number of anilines is 1. The summed E-state index contributed by atoms with van der Waals surface area (Å²) in [5, 5.41) is 9.35. The van der Waals surface area contributed by atoms with Crippen molar-refractivity contribution in [3.8, 4) is 11.5 Å². The van der Waals surface area contributed by atoms with E-state index in [2.05, 4.69) is 0 Å². The summed E-state index contributed by atoms with van der Waals surface area (Å²) in [7, 11) is 1.53. The van der Waals surface area contributed by atoms with Gasteiger partial charge in [-0.25, -0.2) is 0 Å². The van der Waals surface area contributed by atoms with Crippen LogP contribution >= 0.6 is 0 Å². The zero-order chi connectivity index (χ0) is 17.1. The van der Waals surface area contributed by atoms with Crippen LogP contribution in [0.15, 0.2) is 48.5 Å². The Balaban J connectivity index is 1.75. The maximum atomic E-state index is 12.5. The highest BCUT2D eigenvalue weighted by atomic mass is 16.5. The fourth-order valence-electron chi connectivity index (χ4n) is 2.81. The zero-order valence-electron chi connectivity index (χ0n) is 13.1. The lowest BCUT2D eigenvalue weighted by Crippen LogP contribution is -2.35. The second kappa shape index (κ2) is 6.62. The predicted octanol–water partition coefficient (Wildman–Crippen LogP) is 2.29. The molecule has 124 valence electrons. The Labute approximate surface area is 139 Å². The van der Waals surface area contributed by atoms with Gasteiger partial charge in [0.2, 0.25) is 0 Å². The first-order valence-electron chi connectivity index (χ1n) is 7.49. The molecule has 0 aromatic heterocycles. The molecular formula is C18H17NO5. The van der Waals surface area contributed by atoms with E-state index >= 15 is 0 Å². The van der Waals surface area contributed by atoms with E-state index in [4.69, 9.17) is 9.47 Å². The molecule has 1 atom stereocenters. The first-order valence-corrected chi connectivity index (χ1v) is 7.49. The molecule has 0 saturated carbocycles. The minimum Gasteiger partial charge on any atom is -0.493 e. The number of fused-ring (bicyclic) bond motifs is 1. The molecule has 0 fully saturated rings. The van der Waals surface area contributed by atoms with E-state index in [1.54, 1.807) is 42.5 Å². The van der Waals surface area contributed by atoms with Crippen molar-refractivity contribution in [3.63, 3.8) is 0 Å². The fourth-order valence-corrected chi connectivity index (χ4v) is 2.81. The van der Waals surface area contributed by atoms with Crippen LogP contribution in [0.4, 0.5) is 5.69 Å². The van der Waals surface area contributed by atoms with E-state index in [9.17, 15) is 14.7 Å². The van der Waals surface area contributed by atoms with Crippen molar-refractivity contribution in [3.05, 3.63) is 54.1 Å². The lowest BCUT2D eigenvalue weighted by Gasteiger charge is -2.18. The third kappa shape index (κ3) is 2.90. The van der Waals surface area contributed by atoms with E-state index in [1.807, 2.05) is 6.07 Å². The maximum absolute atomic E-state index is 12.5. The predicted molar refractivity (Wildman–Crippen MR) is 87.7 cm³/mol. The number of methoxy groups -OCH3 is 1. The largest absolute Gasteiger partial charge is 0.493 e. The van der Waals surface area contributed by atoms with Crippen molar-refractivity contribution >= 4 is 17.6 Å².